The molecule has 6 nitrogen and oxygen atoms in total. The van der Waals surface area contributed by atoms with Crippen LogP contribution >= 0.6 is 0 Å². The van der Waals surface area contributed by atoms with Gasteiger partial charge in [-0.25, -0.2) is 0 Å². The topological polar surface area (TPSA) is 64.1 Å². The molecule has 1 fully saturated rings. The summed E-state index contributed by atoms with van der Waals surface area (Å²) in [5.41, 5.74) is -0.0170. The molecule has 152 valence electrons. The van der Waals surface area contributed by atoms with E-state index in [1.165, 1.54) is 0 Å². The van der Waals surface area contributed by atoms with E-state index in [-0.39, 0.29) is 29.6 Å². The monoisotopic (exact) mass is 369 g/mol. The summed E-state index contributed by atoms with van der Waals surface area (Å²) < 4.78 is 0. The van der Waals surface area contributed by atoms with Gasteiger partial charge in [0.1, 0.15) is 0 Å². The number of hydrogen-bond donors (Lipinski definition) is 1. The number of nitrogens with zero attached hydrogens (tertiary/aromatic N) is 3. The molecule has 0 aromatic rings. The summed E-state index contributed by atoms with van der Waals surface area (Å²) in [6, 6.07) is 0. The van der Waals surface area contributed by atoms with E-state index in [0.717, 1.165) is 32.5 Å². The predicted molar refractivity (Wildman–Crippen MR) is 105 cm³/mol. The van der Waals surface area contributed by atoms with Crippen LogP contribution in [0.1, 0.15) is 46.5 Å². The lowest BCUT2D eigenvalue weighted by atomic mass is 9.80. The van der Waals surface area contributed by atoms with E-state index >= 15 is 0 Å². The van der Waals surface area contributed by atoms with Gasteiger partial charge in [0.2, 0.25) is 5.91 Å². The van der Waals surface area contributed by atoms with Gasteiger partial charge < -0.3 is 19.8 Å². The Hall–Kier alpha value is -1.14. The van der Waals surface area contributed by atoms with Crippen LogP contribution in [0.25, 0.3) is 0 Å². The van der Waals surface area contributed by atoms with E-state index in [4.69, 9.17) is 0 Å². The van der Waals surface area contributed by atoms with Crippen LogP contribution in [0, 0.1) is 17.3 Å². The highest BCUT2D eigenvalue weighted by Gasteiger charge is 2.33. The molecule has 1 amide bonds. The molecule has 1 aliphatic heterocycles. The van der Waals surface area contributed by atoms with E-state index in [1.807, 2.05) is 4.90 Å². The Morgan fingerprint density at radius 3 is 2.27 bits per heavy atom. The molecular formula is C20H39N3O3. The zero-order valence-corrected chi connectivity index (χ0v) is 17.6. The molecule has 1 N–H and O–H groups in total. The van der Waals surface area contributed by atoms with Crippen molar-refractivity contribution < 1.29 is 14.7 Å². The minimum Gasteiger partial charge on any atom is -0.481 e. The first-order valence-electron chi connectivity index (χ1n) is 9.81. The molecular weight excluding hydrogens is 330 g/mol. The maximum absolute atomic E-state index is 12.6. The van der Waals surface area contributed by atoms with Crippen molar-refractivity contribution in [1.82, 2.24) is 14.7 Å². The van der Waals surface area contributed by atoms with Crippen LogP contribution < -0.4 is 0 Å². The number of rotatable bonds is 9. The third-order valence-corrected chi connectivity index (χ3v) is 5.17. The number of carbonyl (C=O) groups is 2. The largest absolute Gasteiger partial charge is 0.481 e. The van der Waals surface area contributed by atoms with Crippen molar-refractivity contribution in [3.63, 3.8) is 0 Å². The molecule has 0 aromatic heterocycles. The number of likely N-dealkylation sites (N-methyl/N-ethyl adjacent to an activating group) is 2. The number of aliphatic carboxylic acids is 1. The lowest BCUT2D eigenvalue weighted by Crippen LogP contribution is -2.46. The van der Waals surface area contributed by atoms with Gasteiger partial charge in [0.05, 0.1) is 0 Å². The Balaban J connectivity index is 2.64. The van der Waals surface area contributed by atoms with E-state index in [0.29, 0.717) is 19.5 Å². The van der Waals surface area contributed by atoms with Crippen molar-refractivity contribution in [1.29, 1.82) is 0 Å². The van der Waals surface area contributed by atoms with Crippen molar-refractivity contribution in [2.24, 2.45) is 17.3 Å². The van der Waals surface area contributed by atoms with Crippen molar-refractivity contribution in [3.05, 3.63) is 0 Å². The molecule has 1 aliphatic rings. The first kappa shape index (κ1) is 22.9. The van der Waals surface area contributed by atoms with E-state index in [2.05, 4.69) is 51.7 Å². The molecule has 0 aliphatic carbocycles. The molecule has 0 saturated carbocycles. The molecule has 0 spiro atoms. The van der Waals surface area contributed by atoms with Gasteiger partial charge in [-0.15, -0.1) is 0 Å². The molecule has 1 saturated heterocycles. The van der Waals surface area contributed by atoms with Crippen LogP contribution in [0.2, 0.25) is 0 Å². The highest BCUT2D eigenvalue weighted by Crippen LogP contribution is 2.31. The Kier molecular flexibility index (Phi) is 9.04. The van der Waals surface area contributed by atoms with Crippen LogP contribution in [0.5, 0.6) is 0 Å². The van der Waals surface area contributed by atoms with Gasteiger partial charge in [0.25, 0.3) is 0 Å². The van der Waals surface area contributed by atoms with Crippen molar-refractivity contribution >= 4 is 11.9 Å². The minimum absolute atomic E-state index is 0.0170. The second kappa shape index (κ2) is 10.3. The lowest BCUT2D eigenvalue weighted by Gasteiger charge is -2.39. The summed E-state index contributed by atoms with van der Waals surface area (Å²) in [4.78, 5) is 30.3. The number of carboxylic acids is 1. The molecule has 6 heteroatoms. The standard InChI is InChI=1S/C20H39N3O3/c1-20(2,3)14-18(24)23-10-8-16(13-19(25)26)17(15-23)7-9-22(6)12-11-21(4)5/h16-17H,7-15H2,1-6H3,(H,25,26). The normalized spacial score (nSPS) is 21.5. The first-order valence-corrected chi connectivity index (χ1v) is 9.81. The molecule has 0 aromatic carbocycles. The van der Waals surface area contributed by atoms with Crippen molar-refractivity contribution in [2.75, 3.05) is 53.9 Å². The summed E-state index contributed by atoms with van der Waals surface area (Å²) in [7, 11) is 6.24. The summed E-state index contributed by atoms with van der Waals surface area (Å²) in [6.07, 6.45) is 2.51. The van der Waals surface area contributed by atoms with Crippen LogP contribution in [-0.4, -0.2) is 85.5 Å². The SMILES string of the molecule is CN(C)CCN(C)CCC1CN(C(=O)CC(C)(C)C)CCC1CC(=O)O. The Morgan fingerprint density at radius 1 is 1.08 bits per heavy atom. The lowest BCUT2D eigenvalue weighted by molar-refractivity contribution is -0.140. The van der Waals surface area contributed by atoms with Gasteiger partial charge in [-0.2, -0.15) is 0 Å². The zero-order chi connectivity index (χ0) is 19.9. The Morgan fingerprint density at radius 2 is 1.73 bits per heavy atom. The number of carboxylic acid groups (broad SMARTS) is 1. The van der Waals surface area contributed by atoms with Gasteiger partial charge >= 0.3 is 5.97 Å². The molecule has 1 rings (SSSR count). The summed E-state index contributed by atoms with van der Waals surface area (Å²) in [5.74, 6) is -0.0772. The molecule has 0 bridgehead atoms. The molecule has 2 unspecified atom stereocenters. The average molecular weight is 370 g/mol. The second-order valence-electron chi connectivity index (χ2n) is 9.38. The van der Waals surface area contributed by atoms with Gasteiger partial charge in [0.15, 0.2) is 0 Å². The molecule has 0 radical (unpaired) electrons. The Bertz CT molecular complexity index is 460. The van der Waals surface area contributed by atoms with Gasteiger partial charge in [0, 0.05) is 39.0 Å². The Labute approximate surface area is 159 Å². The van der Waals surface area contributed by atoms with E-state index in [9.17, 15) is 14.7 Å². The van der Waals surface area contributed by atoms with Crippen LogP contribution in [0.15, 0.2) is 0 Å². The average Bonchev–Trinajstić information content (AvgIpc) is 2.49. The van der Waals surface area contributed by atoms with Crippen LogP contribution in [-0.2, 0) is 9.59 Å². The molecule has 26 heavy (non-hydrogen) atoms. The molecule has 1 heterocycles. The minimum atomic E-state index is -0.726. The molecule has 2 atom stereocenters. The number of amides is 1. The highest BCUT2D eigenvalue weighted by molar-refractivity contribution is 5.77. The maximum atomic E-state index is 12.6. The third kappa shape index (κ3) is 8.99. The van der Waals surface area contributed by atoms with Gasteiger partial charge in [-0.1, -0.05) is 20.8 Å². The maximum Gasteiger partial charge on any atom is 0.303 e. The number of carbonyl (C=O) groups excluding carboxylic acids is 1. The highest BCUT2D eigenvalue weighted by atomic mass is 16.4. The fourth-order valence-electron chi connectivity index (χ4n) is 3.56. The van der Waals surface area contributed by atoms with E-state index in [1.54, 1.807) is 0 Å². The number of hydrogen-bond acceptors (Lipinski definition) is 4. The van der Waals surface area contributed by atoms with E-state index < -0.39 is 5.97 Å². The summed E-state index contributed by atoms with van der Waals surface area (Å²) in [6.45, 7) is 10.6. The fourth-order valence-corrected chi connectivity index (χ4v) is 3.56. The van der Waals surface area contributed by atoms with Crippen molar-refractivity contribution in [2.45, 2.75) is 46.5 Å². The predicted octanol–water partition coefficient (Wildman–Crippen LogP) is 2.25. The number of likely N-dealkylation sites (tertiary alicyclic amines) is 1. The summed E-state index contributed by atoms with van der Waals surface area (Å²) in [5, 5.41) is 9.24. The fraction of sp³-hybridized carbons (Fsp3) is 0.900. The smallest absolute Gasteiger partial charge is 0.303 e. The quantitative estimate of drug-likeness (QED) is 0.675. The first-order chi connectivity index (χ1) is 12.0. The van der Waals surface area contributed by atoms with Gasteiger partial charge in [-0.3, -0.25) is 9.59 Å². The van der Waals surface area contributed by atoms with Crippen molar-refractivity contribution in [3.8, 4) is 0 Å². The zero-order valence-electron chi connectivity index (χ0n) is 17.6. The third-order valence-electron chi connectivity index (χ3n) is 5.17. The van der Waals surface area contributed by atoms with Crippen LogP contribution in [0.4, 0.5) is 0 Å². The van der Waals surface area contributed by atoms with Crippen LogP contribution in [0.3, 0.4) is 0 Å². The van der Waals surface area contributed by atoms with Gasteiger partial charge in [-0.05, 0) is 57.8 Å². The number of piperidine rings is 1. The summed E-state index contributed by atoms with van der Waals surface area (Å²) >= 11 is 0. The second-order valence-corrected chi connectivity index (χ2v) is 9.38.